The highest BCUT2D eigenvalue weighted by molar-refractivity contribution is 5.71. The average Bonchev–Trinajstić information content (AvgIpc) is 2.16. The van der Waals surface area contributed by atoms with Crippen LogP contribution in [0.15, 0.2) is 0 Å². The Kier molecular flexibility index (Phi) is 10.1. The topological polar surface area (TPSA) is 156 Å². The van der Waals surface area contributed by atoms with Crippen molar-refractivity contribution in [2.24, 2.45) is 0 Å². The van der Waals surface area contributed by atoms with Gasteiger partial charge in [-0.1, -0.05) is 0 Å². The molecule has 0 saturated carbocycles. The van der Waals surface area contributed by atoms with E-state index in [2.05, 4.69) is 0 Å². The van der Waals surface area contributed by atoms with Crippen LogP contribution >= 0.6 is 0 Å². The van der Waals surface area contributed by atoms with Crippen LogP contribution in [-0.4, -0.2) is 68.0 Å². The molecule has 0 aromatic rings. The third kappa shape index (κ3) is 12.8. The first kappa shape index (κ1) is 16.2. The van der Waals surface area contributed by atoms with Crippen LogP contribution in [0.2, 0.25) is 0 Å². The Morgan fingerprint density at radius 3 is 1.53 bits per heavy atom. The summed E-state index contributed by atoms with van der Waals surface area (Å²) in [6.07, 6.45) is -3.14. The standard InChI is InChI=1S/C4H8O4.C3H6O4/c5-2-3(6)1-4(7)8;4-1-2(5)3(6)7/h3,5-6H,1-2H2,(H,7,8);2,4-5H,1H2,(H,6,7). The van der Waals surface area contributed by atoms with Crippen molar-refractivity contribution in [3.63, 3.8) is 0 Å². The molecule has 0 rings (SSSR count). The van der Waals surface area contributed by atoms with Gasteiger partial charge in [0.05, 0.1) is 25.7 Å². The molecule has 0 fully saturated rings. The van der Waals surface area contributed by atoms with E-state index in [9.17, 15) is 9.59 Å². The number of hydrogen-bond acceptors (Lipinski definition) is 6. The summed E-state index contributed by atoms with van der Waals surface area (Å²) in [5, 5.41) is 48.1. The Morgan fingerprint density at radius 1 is 1.00 bits per heavy atom. The third-order valence-electron chi connectivity index (χ3n) is 1.08. The molecule has 0 bridgehead atoms. The van der Waals surface area contributed by atoms with Crippen molar-refractivity contribution in [2.75, 3.05) is 13.2 Å². The number of aliphatic hydroxyl groups excluding tert-OH is 4. The molecule has 2 atom stereocenters. The molecule has 8 nitrogen and oxygen atoms in total. The summed E-state index contributed by atoms with van der Waals surface area (Å²) in [6.45, 7) is -1.22. The summed E-state index contributed by atoms with van der Waals surface area (Å²) >= 11 is 0. The van der Waals surface area contributed by atoms with E-state index in [0.717, 1.165) is 0 Å². The minimum Gasteiger partial charge on any atom is -0.481 e. The zero-order valence-electron chi connectivity index (χ0n) is 7.78. The normalized spacial score (nSPS) is 13.3. The highest BCUT2D eigenvalue weighted by atomic mass is 16.4. The van der Waals surface area contributed by atoms with Gasteiger partial charge in [-0.3, -0.25) is 4.79 Å². The lowest BCUT2D eigenvalue weighted by Crippen LogP contribution is -2.22. The molecule has 0 aliphatic rings. The molecule has 6 N–H and O–H groups in total. The van der Waals surface area contributed by atoms with Gasteiger partial charge in [-0.2, -0.15) is 0 Å². The van der Waals surface area contributed by atoms with Crippen LogP contribution in [0.3, 0.4) is 0 Å². The molecule has 0 aliphatic carbocycles. The van der Waals surface area contributed by atoms with Crippen molar-refractivity contribution in [1.82, 2.24) is 0 Å². The van der Waals surface area contributed by atoms with Crippen LogP contribution in [-0.2, 0) is 9.59 Å². The molecule has 0 aromatic heterocycles. The SMILES string of the molecule is O=C(O)C(O)CO.O=C(O)CC(O)CO. The summed E-state index contributed by atoms with van der Waals surface area (Å²) < 4.78 is 0. The highest BCUT2D eigenvalue weighted by Gasteiger charge is 2.09. The van der Waals surface area contributed by atoms with Gasteiger partial charge < -0.3 is 30.6 Å². The smallest absolute Gasteiger partial charge is 0.334 e. The van der Waals surface area contributed by atoms with Crippen molar-refractivity contribution in [1.29, 1.82) is 0 Å². The molecule has 0 amide bonds. The molecule has 2 unspecified atom stereocenters. The molecule has 0 aromatic carbocycles. The van der Waals surface area contributed by atoms with E-state index < -0.39 is 43.8 Å². The lowest BCUT2D eigenvalue weighted by Gasteiger charge is -1.99. The van der Waals surface area contributed by atoms with Gasteiger partial charge in [0.15, 0.2) is 6.10 Å². The first-order valence-electron chi connectivity index (χ1n) is 3.87. The Balaban J connectivity index is 0. The highest BCUT2D eigenvalue weighted by Crippen LogP contribution is 1.87. The maximum atomic E-state index is 9.70. The van der Waals surface area contributed by atoms with Gasteiger partial charge in [-0.15, -0.1) is 0 Å². The van der Waals surface area contributed by atoms with E-state index in [1.807, 2.05) is 0 Å². The van der Waals surface area contributed by atoms with Gasteiger partial charge in [0.2, 0.25) is 0 Å². The molecule has 0 aliphatic heterocycles. The van der Waals surface area contributed by atoms with Crippen molar-refractivity contribution >= 4 is 11.9 Å². The van der Waals surface area contributed by atoms with Gasteiger partial charge in [0, 0.05) is 0 Å². The monoisotopic (exact) mass is 226 g/mol. The summed E-state index contributed by atoms with van der Waals surface area (Å²) in [7, 11) is 0. The van der Waals surface area contributed by atoms with E-state index in [0.29, 0.717) is 0 Å². The first-order valence-corrected chi connectivity index (χ1v) is 3.87. The molecule has 0 heterocycles. The maximum Gasteiger partial charge on any atom is 0.334 e. The van der Waals surface area contributed by atoms with E-state index >= 15 is 0 Å². The predicted octanol–water partition coefficient (Wildman–Crippen LogP) is -2.76. The number of carbonyl (C=O) groups is 2. The fourth-order valence-electron chi connectivity index (χ4n) is 0.344. The summed E-state index contributed by atoms with van der Waals surface area (Å²) in [6, 6.07) is 0. The van der Waals surface area contributed by atoms with E-state index in [1.54, 1.807) is 0 Å². The molecule has 90 valence electrons. The van der Waals surface area contributed by atoms with Gasteiger partial charge >= 0.3 is 11.9 Å². The molecule has 0 radical (unpaired) electrons. The number of carboxylic acids is 2. The summed E-state index contributed by atoms with van der Waals surface area (Å²) in [5.74, 6) is -2.51. The predicted molar refractivity (Wildman–Crippen MR) is 46.1 cm³/mol. The number of carboxylic acid groups (broad SMARTS) is 2. The van der Waals surface area contributed by atoms with Crippen LogP contribution in [0.25, 0.3) is 0 Å². The molecular formula is C7H14O8. The Hall–Kier alpha value is -1.22. The number of aliphatic carboxylic acids is 2. The van der Waals surface area contributed by atoms with E-state index in [-0.39, 0.29) is 0 Å². The lowest BCUT2D eigenvalue weighted by molar-refractivity contribution is -0.148. The van der Waals surface area contributed by atoms with Gasteiger partial charge in [-0.05, 0) is 0 Å². The molecule has 0 saturated heterocycles. The zero-order chi connectivity index (χ0) is 12.4. The van der Waals surface area contributed by atoms with Crippen molar-refractivity contribution in [2.45, 2.75) is 18.6 Å². The first-order chi connectivity index (χ1) is 6.84. The van der Waals surface area contributed by atoms with Crippen LogP contribution in [0.4, 0.5) is 0 Å². The largest absolute Gasteiger partial charge is 0.481 e. The fraction of sp³-hybridized carbons (Fsp3) is 0.714. The van der Waals surface area contributed by atoms with Crippen molar-refractivity contribution < 1.29 is 40.2 Å². The van der Waals surface area contributed by atoms with Gasteiger partial charge in [0.25, 0.3) is 0 Å². The van der Waals surface area contributed by atoms with Crippen LogP contribution < -0.4 is 0 Å². The molecule has 15 heavy (non-hydrogen) atoms. The molecule has 8 heteroatoms. The second-order valence-electron chi connectivity index (χ2n) is 2.47. The van der Waals surface area contributed by atoms with Crippen molar-refractivity contribution in [3.8, 4) is 0 Å². The lowest BCUT2D eigenvalue weighted by atomic mass is 10.3. The Labute approximate surface area is 85.0 Å². The van der Waals surface area contributed by atoms with Gasteiger partial charge in [-0.25, -0.2) is 4.79 Å². The van der Waals surface area contributed by atoms with E-state index in [4.69, 9.17) is 30.6 Å². The Morgan fingerprint density at radius 2 is 1.47 bits per heavy atom. The van der Waals surface area contributed by atoms with Gasteiger partial charge in [0.1, 0.15) is 0 Å². The minimum absolute atomic E-state index is 0.392. The Bertz CT molecular complexity index is 191. The van der Waals surface area contributed by atoms with Crippen LogP contribution in [0.5, 0.6) is 0 Å². The fourth-order valence-corrected chi connectivity index (χ4v) is 0.344. The number of hydrogen-bond donors (Lipinski definition) is 6. The van der Waals surface area contributed by atoms with Crippen molar-refractivity contribution in [3.05, 3.63) is 0 Å². The average molecular weight is 226 g/mol. The zero-order valence-corrected chi connectivity index (χ0v) is 7.78. The quantitative estimate of drug-likeness (QED) is 0.294. The summed E-state index contributed by atoms with van der Waals surface area (Å²) in [5.41, 5.74) is 0. The summed E-state index contributed by atoms with van der Waals surface area (Å²) in [4.78, 5) is 19.2. The van der Waals surface area contributed by atoms with Crippen LogP contribution in [0.1, 0.15) is 6.42 Å². The third-order valence-corrected chi connectivity index (χ3v) is 1.08. The second kappa shape index (κ2) is 9.34. The number of rotatable bonds is 5. The minimum atomic E-state index is -1.63. The maximum absolute atomic E-state index is 9.70. The van der Waals surface area contributed by atoms with Crippen LogP contribution in [0, 0.1) is 0 Å². The van der Waals surface area contributed by atoms with E-state index in [1.165, 1.54) is 0 Å². The number of aliphatic hydroxyl groups is 4. The molecular weight excluding hydrogens is 212 g/mol. The molecule has 0 spiro atoms. The second-order valence-corrected chi connectivity index (χ2v) is 2.47.